The molecule has 1 atom stereocenters. The summed E-state index contributed by atoms with van der Waals surface area (Å²) in [7, 11) is 0. The number of carboxylic acid groups (broad SMARTS) is 2. The molecule has 0 spiro atoms. The first-order chi connectivity index (χ1) is 9.02. The number of halogens is 4. The molecule has 0 amide bonds. The monoisotopic (exact) mass is 337 g/mol. The van der Waals surface area contributed by atoms with Gasteiger partial charge in [0.1, 0.15) is 12.6 Å². The van der Waals surface area contributed by atoms with E-state index in [1.165, 1.54) is 6.08 Å². The summed E-state index contributed by atoms with van der Waals surface area (Å²) in [5.74, 6) is -4.33. The summed E-state index contributed by atoms with van der Waals surface area (Å²) in [6, 6.07) is -1.00. The van der Waals surface area contributed by atoms with Crippen molar-refractivity contribution in [3.63, 3.8) is 0 Å². The lowest BCUT2D eigenvalue weighted by molar-refractivity contribution is -0.192. The van der Waals surface area contributed by atoms with Crippen molar-refractivity contribution in [2.45, 2.75) is 25.1 Å². The summed E-state index contributed by atoms with van der Waals surface area (Å²) in [6.45, 7) is 3.50. The highest BCUT2D eigenvalue weighted by Crippen LogP contribution is 2.13. The Hall–Kier alpha value is -1.81. The summed E-state index contributed by atoms with van der Waals surface area (Å²) in [5.41, 5.74) is 5.17. The molecular formula is C10H15ClF3NO6. The van der Waals surface area contributed by atoms with Crippen LogP contribution in [0.4, 0.5) is 13.2 Å². The van der Waals surface area contributed by atoms with E-state index in [2.05, 4.69) is 11.3 Å². The van der Waals surface area contributed by atoms with Gasteiger partial charge in [0.15, 0.2) is 0 Å². The van der Waals surface area contributed by atoms with Crippen molar-refractivity contribution in [2.75, 3.05) is 6.61 Å². The number of rotatable bonds is 6. The van der Waals surface area contributed by atoms with E-state index in [4.69, 9.17) is 20.7 Å². The second-order valence-electron chi connectivity index (χ2n) is 3.26. The highest BCUT2D eigenvalue weighted by molar-refractivity contribution is 5.85. The Bertz CT molecular complexity index is 361. The van der Waals surface area contributed by atoms with Gasteiger partial charge >= 0.3 is 24.1 Å². The molecule has 4 N–H and O–H groups in total. The van der Waals surface area contributed by atoms with E-state index in [1.807, 2.05) is 0 Å². The van der Waals surface area contributed by atoms with Gasteiger partial charge in [-0.3, -0.25) is 9.59 Å². The SMILES string of the molecule is C=CCOC(=O)CCC(N)C(=O)O.Cl.O=C(O)C(F)(F)F. The number of carboxylic acids is 2. The average molecular weight is 338 g/mol. The minimum atomic E-state index is -5.08. The van der Waals surface area contributed by atoms with Gasteiger partial charge in [0.25, 0.3) is 0 Å². The van der Waals surface area contributed by atoms with Gasteiger partial charge < -0.3 is 20.7 Å². The Balaban J connectivity index is -0.000000347. The van der Waals surface area contributed by atoms with Crippen molar-refractivity contribution in [1.29, 1.82) is 0 Å². The van der Waals surface area contributed by atoms with Crippen LogP contribution in [-0.2, 0) is 19.1 Å². The third kappa shape index (κ3) is 16.1. The molecule has 0 saturated carbocycles. The van der Waals surface area contributed by atoms with Gasteiger partial charge in [-0.25, -0.2) is 4.79 Å². The molecule has 0 heterocycles. The maximum Gasteiger partial charge on any atom is 0.490 e. The molecule has 0 aromatic rings. The molecule has 0 aliphatic heterocycles. The predicted molar refractivity (Wildman–Crippen MR) is 66.9 cm³/mol. The lowest BCUT2D eigenvalue weighted by Gasteiger charge is -2.05. The van der Waals surface area contributed by atoms with E-state index in [-0.39, 0.29) is 31.9 Å². The fourth-order valence-corrected chi connectivity index (χ4v) is 0.621. The smallest absolute Gasteiger partial charge is 0.480 e. The molecule has 0 saturated heterocycles. The van der Waals surface area contributed by atoms with Crippen molar-refractivity contribution in [2.24, 2.45) is 5.73 Å². The molecule has 0 aliphatic rings. The van der Waals surface area contributed by atoms with Crippen LogP contribution in [0.5, 0.6) is 0 Å². The van der Waals surface area contributed by atoms with Crippen LogP contribution in [0, 0.1) is 0 Å². The quantitative estimate of drug-likeness (QED) is 0.486. The number of alkyl halides is 3. The van der Waals surface area contributed by atoms with E-state index < -0.39 is 30.1 Å². The van der Waals surface area contributed by atoms with Crippen molar-refractivity contribution >= 4 is 30.3 Å². The minimum Gasteiger partial charge on any atom is -0.480 e. The van der Waals surface area contributed by atoms with Crippen molar-refractivity contribution in [3.8, 4) is 0 Å². The normalized spacial score (nSPS) is 11.0. The summed E-state index contributed by atoms with van der Waals surface area (Å²) >= 11 is 0. The Morgan fingerprint density at radius 1 is 1.29 bits per heavy atom. The molecule has 0 bridgehead atoms. The molecule has 0 fully saturated rings. The molecular weight excluding hydrogens is 323 g/mol. The van der Waals surface area contributed by atoms with Crippen molar-refractivity contribution in [1.82, 2.24) is 0 Å². The van der Waals surface area contributed by atoms with Gasteiger partial charge in [-0.1, -0.05) is 12.7 Å². The summed E-state index contributed by atoms with van der Waals surface area (Å²) in [4.78, 5) is 29.9. The number of carbonyl (C=O) groups excluding carboxylic acids is 1. The van der Waals surface area contributed by atoms with E-state index in [0.717, 1.165) is 0 Å². The van der Waals surface area contributed by atoms with Crippen LogP contribution >= 0.6 is 12.4 Å². The summed E-state index contributed by atoms with van der Waals surface area (Å²) in [5, 5.41) is 15.5. The Morgan fingerprint density at radius 2 is 1.71 bits per heavy atom. The van der Waals surface area contributed by atoms with Crippen LogP contribution in [0.1, 0.15) is 12.8 Å². The molecule has 0 aromatic heterocycles. The minimum absolute atomic E-state index is 0. The van der Waals surface area contributed by atoms with E-state index in [1.54, 1.807) is 0 Å². The zero-order valence-corrected chi connectivity index (χ0v) is 11.4. The number of ether oxygens (including phenoxy) is 1. The van der Waals surface area contributed by atoms with E-state index in [9.17, 15) is 22.8 Å². The fraction of sp³-hybridized carbons (Fsp3) is 0.500. The zero-order valence-electron chi connectivity index (χ0n) is 10.6. The highest BCUT2D eigenvalue weighted by Gasteiger charge is 2.38. The first-order valence-electron chi connectivity index (χ1n) is 5.07. The predicted octanol–water partition coefficient (Wildman–Crippen LogP) is 0.963. The third-order valence-corrected chi connectivity index (χ3v) is 1.58. The Kier molecular flexibility index (Phi) is 13.8. The van der Waals surface area contributed by atoms with Crippen LogP contribution < -0.4 is 5.73 Å². The lowest BCUT2D eigenvalue weighted by atomic mass is 10.2. The lowest BCUT2D eigenvalue weighted by Crippen LogP contribution is -2.30. The van der Waals surface area contributed by atoms with Gasteiger partial charge in [0, 0.05) is 6.42 Å². The standard InChI is InChI=1S/C8H13NO4.C2HF3O2.ClH/c1-2-5-13-7(10)4-3-6(9)8(11)12;3-2(4,5)1(6)7;/h2,6H,1,3-5,9H2,(H,11,12);(H,6,7);1H. The fourth-order valence-electron chi connectivity index (χ4n) is 0.621. The zero-order chi connectivity index (χ0) is 16.3. The summed E-state index contributed by atoms with van der Waals surface area (Å²) < 4.78 is 36.4. The van der Waals surface area contributed by atoms with Crippen molar-refractivity contribution < 1.29 is 42.5 Å². The number of aliphatic carboxylic acids is 2. The molecule has 0 radical (unpaired) electrons. The van der Waals surface area contributed by atoms with Gasteiger partial charge in [-0.2, -0.15) is 13.2 Å². The highest BCUT2D eigenvalue weighted by atomic mass is 35.5. The van der Waals surface area contributed by atoms with Gasteiger partial charge in [0.2, 0.25) is 0 Å². The first kappa shape index (κ1) is 24.2. The number of hydrogen-bond acceptors (Lipinski definition) is 5. The second kappa shape index (κ2) is 12.0. The third-order valence-electron chi connectivity index (χ3n) is 1.58. The Labute approximate surface area is 124 Å². The summed E-state index contributed by atoms with van der Waals surface area (Å²) in [6.07, 6.45) is -3.54. The average Bonchev–Trinajstić information content (AvgIpc) is 2.32. The van der Waals surface area contributed by atoms with Crippen molar-refractivity contribution in [3.05, 3.63) is 12.7 Å². The van der Waals surface area contributed by atoms with Gasteiger partial charge in [-0.05, 0) is 6.42 Å². The van der Waals surface area contributed by atoms with Crippen LogP contribution in [0.15, 0.2) is 12.7 Å². The van der Waals surface area contributed by atoms with E-state index in [0.29, 0.717) is 0 Å². The second-order valence-corrected chi connectivity index (χ2v) is 3.26. The number of esters is 1. The first-order valence-corrected chi connectivity index (χ1v) is 5.07. The molecule has 7 nitrogen and oxygen atoms in total. The van der Waals surface area contributed by atoms with Crippen LogP contribution in [0.2, 0.25) is 0 Å². The van der Waals surface area contributed by atoms with E-state index >= 15 is 0 Å². The molecule has 0 aliphatic carbocycles. The van der Waals surface area contributed by atoms with Crippen LogP contribution in [-0.4, -0.2) is 46.9 Å². The molecule has 11 heteroatoms. The van der Waals surface area contributed by atoms with Crippen LogP contribution in [0.25, 0.3) is 0 Å². The topological polar surface area (TPSA) is 127 Å². The number of carbonyl (C=O) groups is 3. The molecule has 21 heavy (non-hydrogen) atoms. The molecule has 0 rings (SSSR count). The molecule has 0 aromatic carbocycles. The number of hydrogen-bond donors (Lipinski definition) is 3. The molecule has 1 unspecified atom stereocenters. The van der Waals surface area contributed by atoms with Crippen LogP contribution in [0.3, 0.4) is 0 Å². The van der Waals surface area contributed by atoms with Gasteiger partial charge in [0.05, 0.1) is 0 Å². The van der Waals surface area contributed by atoms with Gasteiger partial charge in [-0.15, -0.1) is 12.4 Å². The maximum atomic E-state index is 10.8. The molecule has 124 valence electrons. The largest absolute Gasteiger partial charge is 0.490 e. The Morgan fingerprint density at radius 3 is 2.00 bits per heavy atom. The maximum absolute atomic E-state index is 10.8. The number of nitrogens with two attached hydrogens (primary N) is 1.